The Labute approximate surface area is 114 Å². The molecule has 2 rings (SSSR count). The molecule has 2 aromatic rings. The predicted molar refractivity (Wildman–Crippen MR) is 76.1 cm³/mol. The van der Waals surface area contributed by atoms with Crippen LogP contribution in [0.1, 0.15) is 11.6 Å². The van der Waals surface area contributed by atoms with Crippen molar-refractivity contribution in [3.63, 3.8) is 0 Å². The summed E-state index contributed by atoms with van der Waals surface area (Å²) in [4.78, 5) is 0.755. The Morgan fingerprint density at radius 1 is 1.06 bits per heavy atom. The Balaban J connectivity index is 2.06. The third-order valence-electron chi connectivity index (χ3n) is 2.64. The Morgan fingerprint density at radius 3 is 2.28 bits per heavy atom. The first-order valence-electron chi connectivity index (χ1n) is 5.61. The van der Waals surface area contributed by atoms with E-state index in [-0.39, 0.29) is 6.04 Å². The fraction of sp³-hybridized carbons (Fsp3) is 0.143. The number of hydrogen-bond donors (Lipinski definition) is 1. The van der Waals surface area contributed by atoms with Gasteiger partial charge in [0.05, 0.1) is 10.8 Å². The Bertz CT molecular complexity index is 527. The fourth-order valence-corrected chi connectivity index (χ4v) is 2.92. The lowest BCUT2D eigenvalue weighted by Crippen LogP contribution is -2.18. The summed E-state index contributed by atoms with van der Waals surface area (Å²) in [5.74, 6) is 0.408. The van der Waals surface area contributed by atoms with Crippen molar-refractivity contribution in [2.75, 3.05) is 5.75 Å². The van der Waals surface area contributed by atoms with Gasteiger partial charge in [-0.2, -0.15) is 0 Å². The molecule has 0 saturated carbocycles. The maximum absolute atomic E-state index is 12.1. The normalized spacial score (nSPS) is 14.1. The summed E-state index contributed by atoms with van der Waals surface area (Å²) in [7, 11) is -1.11. The highest BCUT2D eigenvalue weighted by atomic mass is 35.5. The zero-order valence-corrected chi connectivity index (χ0v) is 11.3. The molecule has 4 heteroatoms. The second-order valence-electron chi connectivity index (χ2n) is 3.98. The minimum absolute atomic E-state index is 0.220. The largest absolute Gasteiger partial charge is 0.323 e. The lowest BCUT2D eigenvalue weighted by Gasteiger charge is -2.11. The highest BCUT2D eigenvalue weighted by Crippen LogP contribution is 2.17. The zero-order chi connectivity index (χ0) is 13.0. The first-order chi connectivity index (χ1) is 8.66. The lowest BCUT2D eigenvalue weighted by atomic mass is 10.1. The van der Waals surface area contributed by atoms with Gasteiger partial charge in [0.2, 0.25) is 0 Å². The van der Waals surface area contributed by atoms with Crippen LogP contribution in [-0.2, 0) is 10.8 Å². The monoisotopic (exact) mass is 279 g/mol. The molecule has 0 aliphatic carbocycles. The quantitative estimate of drug-likeness (QED) is 0.934. The highest BCUT2D eigenvalue weighted by molar-refractivity contribution is 7.85. The molecule has 18 heavy (non-hydrogen) atoms. The van der Waals surface area contributed by atoms with Gasteiger partial charge in [-0.15, -0.1) is 0 Å². The molecular weight excluding hydrogens is 266 g/mol. The van der Waals surface area contributed by atoms with E-state index in [1.807, 2.05) is 30.3 Å². The first-order valence-corrected chi connectivity index (χ1v) is 7.31. The number of halogens is 1. The van der Waals surface area contributed by atoms with Crippen LogP contribution in [0.2, 0.25) is 5.02 Å². The van der Waals surface area contributed by atoms with E-state index in [0.717, 1.165) is 10.5 Å². The van der Waals surface area contributed by atoms with Crippen molar-refractivity contribution in [3.8, 4) is 0 Å². The van der Waals surface area contributed by atoms with Crippen LogP contribution in [0.4, 0.5) is 0 Å². The number of rotatable bonds is 4. The highest BCUT2D eigenvalue weighted by Gasteiger charge is 2.11. The topological polar surface area (TPSA) is 43.1 Å². The zero-order valence-electron chi connectivity index (χ0n) is 9.75. The molecule has 0 heterocycles. The molecule has 0 bridgehead atoms. The van der Waals surface area contributed by atoms with Gasteiger partial charge in [-0.05, 0) is 29.8 Å². The SMILES string of the molecule is NC(CS(=O)c1ccc(Cl)cc1)c1ccccc1. The van der Waals surface area contributed by atoms with Gasteiger partial charge >= 0.3 is 0 Å². The van der Waals surface area contributed by atoms with Crippen molar-refractivity contribution in [2.24, 2.45) is 5.73 Å². The van der Waals surface area contributed by atoms with Gasteiger partial charge in [0.25, 0.3) is 0 Å². The molecule has 0 spiro atoms. The van der Waals surface area contributed by atoms with E-state index in [1.54, 1.807) is 24.3 Å². The van der Waals surface area contributed by atoms with Crippen LogP contribution >= 0.6 is 11.6 Å². The van der Waals surface area contributed by atoms with Gasteiger partial charge in [-0.25, -0.2) is 0 Å². The van der Waals surface area contributed by atoms with Crippen LogP contribution in [0, 0.1) is 0 Å². The van der Waals surface area contributed by atoms with E-state index >= 15 is 0 Å². The van der Waals surface area contributed by atoms with Crippen LogP contribution in [0.15, 0.2) is 59.5 Å². The van der Waals surface area contributed by atoms with E-state index in [2.05, 4.69) is 0 Å². The van der Waals surface area contributed by atoms with Gasteiger partial charge in [0.15, 0.2) is 0 Å². The summed E-state index contributed by atoms with van der Waals surface area (Å²) in [6, 6.07) is 16.5. The Morgan fingerprint density at radius 2 is 1.67 bits per heavy atom. The van der Waals surface area contributed by atoms with Crippen LogP contribution < -0.4 is 5.73 Å². The van der Waals surface area contributed by atoms with E-state index in [0.29, 0.717) is 10.8 Å². The third kappa shape index (κ3) is 3.42. The molecule has 0 fully saturated rings. The molecular formula is C14H14ClNOS. The first kappa shape index (κ1) is 13.3. The van der Waals surface area contributed by atoms with Gasteiger partial charge in [0, 0.05) is 21.7 Å². The van der Waals surface area contributed by atoms with Crippen molar-refractivity contribution in [2.45, 2.75) is 10.9 Å². The minimum Gasteiger partial charge on any atom is -0.323 e. The number of hydrogen-bond acceptors (Lipinski definition) is 2. The van der Waals surface area contributed by atoms with Gasteiger partial charge in [-0.1, -0.05) is 41.9 Å². The molecule has 2 nitrogen and oxygen atoms in total. The van der Waals surface area contributed by atoms with Crippen LogP contribution in [0.5, 0.6) is 0 Å². The van der Waals surface area contributed by atoms with Crippen LogP contribution in [-0.4, -0.2) is 9.96 Å². The van der Waals surface area contributed by atoms with Crippen LogP contribution in [0.25, 0.3) is 0 Å². The molecule has 2 atom stereocenters. The van der Waals surface area contributed by atoms with E-state index in [9.17, 15) is 4.21 Å². The molecule has 0 aromatic heterocycles. The predicted octanol–water partition coefficient (Wildman–Crippen LogP) is 3.15. The molecule has 94 valence electrons. The lowest BCUT2D eigenvalue weighted by molar-refractivity contribution is 0.675. The summed E-state index contributed by atoms with van der Waals surface area (Å²) in [6.45, 7) is 0. The Kier molecular flexibility index (Phi) is 4.53. The minimum atomic E-state index is -1.11. The van der Waals surface area contributed by atoms with E-state index < -0.39 is 10.8 Å². The number of benzene rings is 2. The molecule has 2 N–H and O–H groups in total. The van der Waals surface area contributed by atoms with Crippen LogP contribution in [0.3, 0.4) is 0 Å². The smallest absolute Gasteiger partial charge is 0.0548 e. The van der Waals surface area contributed by atoms with Crippen molar-refractivity contribution < 1.29 is 4.21 Å². The summed E-state index contributed by atoms with van der Waals surface area (Å²) >= 11 is 5.79. The molecule has 2 aromatic carbocycles. The number of nitrogens with two attached hydrogens (primary N) is 1. The standard InChI is InChI=1S/C14H14ClNOS/c15-12-6-8-13(9-7-12)18(17)10-14(16)11-4-2-1-3-5-11/h1-9,14H,10,16H2. The summed E-state index contributed by atoms with van der Waals surface area (Å²) in [5, 5.41) is 0.642. The maximum atomic E-state index is 12.1. The van der Waals surface area contributed by atoms with E-state index in [4.69, 9.17) is 17.3 Å². The van der Waals surface area contributed by atoms with Crippen molar-refractivity contribution in [3.05, 3.63) is 65.2 Å². The second-order valence-corrected chi connectivity index (χ2v) is 5.92. The van der Waals surface area contributed by atoms with Crippen molar-refractivity contribution >= 4 is 22.4 Å². The molecule has 0 amide bonds. The maximum Gasteiger partial charge on any atom is 0.0548 e. The summed E-state index contributed by atoms with van der Waals surface area (Å²) in [6.07, 6.45) is 0. The fourth-order valence-electron chi connectivity index (χ4n) is 1.64. The molecule has 0 radical (unpaired) electrons. The van der Waals surface area contributed by atoms with Crippen molar-refractivity contribution in [1.29, 1.82) is 0 Å². The van der Waals surface area contributed by atoms with Gasteiger partial charge < -0.3 is 5.73 Å². The molecule has 2 unspecified atom stereocenters. The average Bonchev–Trinajstić information content (AvgIpc) is 2.40. The average molecular weight is 280 g/mol. The second kappa shape index (κ2) is 6.14. The van der Waals surface area contributed by atoms with Crippen molar-refractivity contribution in [1.82, 2.24) is 0 Å². The van der Waals surface area contributed by atoms with Gasteiger partial charge in [0.1, 0.15) is 0 Å². The molecule has 0 aliphatic rings. The van der Waals surface area contributed by atoms with Gasteiger partial charge in [-0.3, -0.25) is 4.21 Å². The van der Waals surface area contributed by atoms with E-state index in [1.165, 1.54) is 0 Å². The Hall–Kier alpha value is -1.16. The summed E-state index contributed by atoms with van der Waals surface area (Å²) in [5.41, 5.74) is 7.04. The molecule has 0 aliphatic heterocycles. The third-order valence-corrected chi connectivity index (χ3v) is 4.35. The molecule has 0 saturated heterocycles. The summed E-state index contributed by atoms with van der Waals surface area (Å²) < 4.78 is 12.1.